The molecule has 0 atom stereocenters. The summed E-state index contributed by atoms with van der Waals surface area (Å²) in [5.41, 5.74) is 2.08. The van der Waals surface area contributed by atoms with Gasteiger partial charge in [0.2, 0.25) is 0 Å². The molecule has 4 heteroatoms. The highest BCUT2D eigenvalue weighted by Gasteiger charge is 2.20. The van der Waals surface area contributed by atoms with E-state index in [1.807, 2.05) is 20.0 Å². The van der Waals surface area contributed by atoms with Crippen molar-refractivity contribution in [3.05, 3.63) is 17.6 Å². The first-order chi connectivity index (χ1) is 9.20. The minimum atomic E-state index is 0.822. The Hall–Kier alpha value is -1.16. The number of piperidine rings is 1. The predicted molar refractivity (Wildman–Crippen MR) is 79.6 cm³/mol. The lowest BCUT2D eigenvalue weighted by atomic mass is 9.97. The maximum atomic E-state index is 4.64. The van der Waals surface area contributed by atoms with Gasteiger partial charge >= 0.3 is 0 Å². The Morgan fingerprint density at radius 2 is 2.00 bits per heavy atom. The largest absolute Gasteiger partial charge is 0.355 e. The van der Waals surface area contributed by atoms with E-state index in [9.17, 15) is 0 Å². The van der Waals surface area contributed by atoms with Crippen molar-refractivity contribution in [3.63, 3.8) is 0 Å². The Morgan fingerprint density at radius 1 is 1.26 bits per heavy atom. The molecule has 2 rings (SSSR count). The van der Waals surface area contributed by atoms with Crippen molar-refractivity contribution in [3.8, 4) is 0 Å². The van der Waals surface area contributed by atoms with Crippen LogP contribution in [0.5, 0.6) is 0 Å². The SMILES string of the molecule is CCCNCC1CCN(c2cnc(C)c(C)n2)CC1. The Balaban J connectivity index is 1.84. The van der Waals surface area contributed by atoms with Gasteiger partial charge in [-0.1, -0.05) is 6.92 Å². The van der Waals surface area contributed by atoms with Crippen LogP contribution in [0.1, 0.15) is 37.6 Å². The lowest BCUT2D eigenvalue weighted by Crippen LogP contribution is -2.38. The maximum Gasteiger partial charge on any atom is 0.147 e. The van der Waals surface area contributed by atoms with Crippen LogP contribution < -0.4 is 10.2 Å². The number of rotatable bonds is 5. The molecule has 0 radical (unpaired) electrons. The van der Waals surface area contributed by atoms with Gasteiger partial charge in [-0.25, -0.2) is 4.98 Å². The highest BCUT2D eigenvalue weighted by atomic mass is 15.2. The molecule has 19 heavy (non-hydrogen) atoms. The van der Waals surface area contributed by atoms with Crippen LogP contribution in [0.3, 0.4) is 0 Å². The Labute approximate surface area is 116 Å². The number of hydrogen-bond donors (Lipinski definition) is 1. The Morgan fingerprint density at radius 3 is 2.63 bits per heavy atom. The highest BCUT2D eigenvalue weighted by Crippen LogP contribution is 2.21. The zero-order valence-electron chi connectivity index (χ0n) is 12.4. The van der Waals surface area contributed by atoms with Gasteiger partial charge in [0.15, 0.2) is 0 Å². The molecular formula is C15H26N4. The van der Waals surface area contributed by atoms with Crippen molar-refractivity contribution in [1.82, 2.24) is 15.3 Å². The highest BCUT2D eigenvalue weighted by molar-refractivity contribution is 5.37. The van der Waals surface area contributed by atoms with Crippen molar-refractivity contribution < 1.29 is 0 Å². The lowest BCUT2D eigenvalue weighted by Gasteiger charge is -2.33. The zero-order chi connectivity index (χ0) is 13.7. The average molecular weight is 262 g/mol. The third-order valence-electron chi connectivity index (χ3n) is 3.98. The summed E-state index contributed by atoms with van der Waals surface area (Å²) >= 11 is 0. The third-order valence-corrected chi connectivity index (χ3v) is 3.98. The fourth-order valence-electron chi connectivity index (χ4n) is 2.53. The van der Waals surface area contributed by atoms with Crippen LogP contribution in [-0.2, 0) is 0 Å². The molecule has 0 saturated carbocycles. The van der Waals surface area contributed by atoms with Crippen LogP contribution in [-0.4, -0.2) is 36.1 Å². The molecular weight excluding hydrogens is 236 g/mol. The molecule has 4 nitrogen and oxygen atoms in total. The van der Waals surface area contributed by atoms with Crippen molar-refractivity contribution in [2.75, 3.05) is 31.1 Å². The first-order valence-corrected chi connectivity index (χ1v) is 7.46. The quantitative estimate of drug-likeness (QED) is 0.827. The topological polar surface area (TPSA) is 41.0 Å². The first kappa shape index (κ1) is 14.3. The van der Waals surface area contributed by atoms with Gasteiger partial charge in [-0.3, -0.25) is 4.98 Å². The fourth-order valence-corrected chi connectivity index (χ4v) is 2.53. The summed E-state index contributed by atoms with van der Waals surface area (Å²) in [5.74, 6) is 1.87. The van der Waals surface area contributed by atoms with Crippen LogP contribution >= 0.6 is 0 Å². The summed E-state index contributed by atoms with van der Waals surface area (Å²) in [5, 5.41) is 3.53. The minimum Gasteiger partial charge on any atom is -0.355 e. The molecule has 0 aromatic carbocycles. The molecule has 1 N–H and O–H groups in total. The molecule has 1 aliphatic heterocycles. The van der Waals surface area contributed by atoms with E-state index in [0.717, 1.165) is 42.8 Å². The maximum absolute atomic E-state index is 4.64. The van der Waals surface area contributed by atoms with Crippen LogP contribution in [0, 0.1) is 19.8 Å². The monoisotopic (exact) mass is 262 g/mol. The van der Waals surface area contributed by atoms with Gasteiger partial charge in [0.1, 0.15) is 5.82 Å². The molecule has 0 unspecified atom stereocenters. The molecule has 0 aliphatic carbocycles. The summed E-state index contributed by atoms with van der Waals surface area (Å²) in [6.07, 6.45) is 5.64. The van der Waals surface area contributed by atoms with Gasteiger partial charge in [0.25, 0.3) is 0 Å². The first-order valence-electron chi connectivity index (χ1n) is 7.46. The third kappa shape index (κ3) is 3.90. The predicted octanol–water partition coefficient (Wildman–Crippen LogP) is 2.31. The number of anilines is 1. The van der Waals surface area contributed by atoms with Crippen molar-refractivity contribution in [2.45, 2.75) is 40.0 Å². The number of nitrogens with zero attached hydrogens (tertiary/aromatic N) is 3. The van der Waals surface area contributed by atoms with Gasteiger partial charge in [0, 0.05) is 13.1 Å². The molecule has 1 saturated heterocycles. The van der Waals surface area contributed by atoms with Crippen LogP contribution in [0.4, 0.5) is 5.82 Å². The van der Waals surface area contributed by atoms with Gasteiger partial charge in [-0.2, -0.15) is 0 Å². The van der Waals surface area contributed by atoms with Gasteiger partial charge in [-0.05, 0) is 52.1 Å². The van der Waals surface area contributed by atoms with Crippen molar-refractivity contribution >= 4 is 5.82 Å². The number of aromatic nitrogens is 2. The standard InChI is InChI=1S/C15H26N4/c1-4-7-16-10-14-5-8-19(9-6-14)15-11-17-12(2)13(3)18-15/h11,14,16H,4-10H2,1-3H3. The smallest absolute Gasteiger partial charge is 0.147 e. The van der Waals surface area contributed by atoms with E-state index in [4.69, 9.17) is 0 Å². The van der Waals surface area contributed by atoms with Gasteiger partial charge in [-0.15, -0.1) is 0 Å². The van der Waals surface area contributed by atoms with Crippen molar-refractivity contribution in [2.24, 2.45) is 5.92 Å². The van der Waals surface area contributed by atoms with Crippen LogP contribution in [0.25, 0.3) is 0 Å². The minimum absolute atomic E-state index is 0.822. The Kier molecular flexibility index (Phi) is 5.14. The summed E-state index contributed by atoms with van der Waals surface area (Å²) in [6.45, 7) is 10.8. The van der Waals surface area contributed by atoms with E-state index in [1.165, 1.54) is 25.8 Å². The van der Waals surface area contributed by atoms with E-state index in [1.54, 1.807) is 0 Å². The number of nitrogens with one attached hydrogen (secondary N) is 1. The molecule has 0 amide bonds. The number of aryl methyl sites for hydroxylation is 2. The molecule has 0 bridgehead atoms. The summed E-state index contributed by atoms with van der Waals surface area (Å²) in [7, 11) is 0. The fraction of sp³-hybridized carbons (Fsp3) is 0.733. The van der Waals surface area contributed by atoms with E-state index in [-0.39, 0.29) is 0 Å². The zero-order valence-corrected chi connectivity index (χ0v) is 12.4. The molecule has 1 aromatic heterocycles. The van der Waals surface area contributed by atoms with Crippen LogP contribution in [0.15, 0.2) is 6.20 Å². The second kappa shape index (κ2) is 6.85. The Bertz CT molecular complexity index is 397. The molecule has 1 aliphatic rings. The molecule has 0 spiro atoms. The lowest BCUT2D eigenvalue weighted by molar-refractivity contribution is 0.382. The van der Waals surface area contributed by atoms with E-state index in [2.05, 4.69) is 27.1 Å². The molecule has 1 aromatic rings. The van der Waals surface area contributed by atoms with E-state index in [0.29, 0.717) is 0 Å². The van der Waals surface area contributed by atoms with E-state index >= 15 is 0 Å². The average Bonchev–Trinajstić information content (AvgIpc) is 2.43. The molecule has 2 heterocycles. The summed E-state index contributed by atoms with van der Waals surface area (Å²) in [6, 6.07) is 0. The second-order valence-electron chi connectivity index (χ2n) is 5.53. The normalized spacial score (nSPS) is 16.9. The van der Waals surface area contributed by atoms with Crippen LogP contribution in [0.2, 0.25) is 0 Å². The van der Waals surface area contributed by atoms with Crippen molar-refractivity contribution in [1.29, 1.82) is 0 Å². The number of hydrogen-bond acceptors (Lipinski definition) is 4. The van der Waals surface area contributed by atoms with Gasteiger partial charge in [0.05, 0.1) is 17.6 Å². The van der Waals surface area contributed by atoms with Gasteiger partial charge < -0.3 is 10.2 Å². The van der Waals surface area contributed by atoms with E-state index < -0.39 is 0 Å². The summed E-state index contributed by atoms with van der Waals surface area (Å²) < 4.78 is 0. The molecule has 1 fully saturated rings. The second-order valence-corrected chi connectivity index (χ2v) is 5.53. The summed E-state index contributed by atoms with van der Waals surface area (Å²) in [4.78, 5) is 11.4. The molecule has 106 valence electrons.